The van der Waals surface area contributed by atoms with Crippen molar-refractivity contribution >= 4 is 11.6 Å². The highest BCUT2D eigenvalue weighted by Gasteiger charge is 2.34. The van der Waals surface area contributed by atoms with Gasteiger partial charge in [-0.1, -0.05) is 35.0 Å². The van der Waals surface area contributed by atoms with Crippen molar-refractivity contribution in [1.29, 1.82) is 0 Å². The van der Waals surface area contributed by atoms with Crippen LogP contribution in [0.1, 0.15) is 30.4 Å². The third kappa shape index (κ3) is 2.84. The lowest BCUT2D eigenvalue weighted by Gasteiger charge is -2.19. The van der Waals surface area contributed by atoms with Gasteiger partial charge in [0.1, 0.15) is 0 Å². The van der Waals surface area contributed by atoms with Gasteiger partial charge in [0.2, 0.25) is 5.91 Å². The summed E-state index contributed by atoms with van der Waals surface area (Å²) in [5, 5.41) is 4.17. The van der Waals surface area contributed by atoms with E-state index in [0.717, 1.165) is 30.5 Å². The summed E-state index contributed by atoms with van der Waals surface area (Å²) in [6.07, 6.45) is 2.84. The Labute approximate surface area is 119 Å². The molecule has 20 heavy (non-hydrogen) atoms. The van der Waals surface area contributed by atoms with Crippen LogP contribution < -0.4 is 0 Å². The largest absolute Gasteiger partial charge is 0.390 e. The van der Waals surface area contributed by atoms with Crippen LogP contribution in [-0.4, -0.2) is 36.2 Å². The van der Waals surface area contributed by atoms with Crippen LogP contribution in [0.5, 0.6) is 0 Å². The zero-order chi connectivity index (χ0) is 14.1. The molecular weight excluding hydrogens is 252 g/mol. The van der Waals surface area contributed by atoms with E-state index in [-0.39, 0.29) is 17.9 Å². The van der Waals surface area contributed by atoms with E-state index in [1.807, 2.05) is 7.05 Å². The zero-order valence-electron chi connectivity index (χ0n) is 12.0. The first-order valence-electron chi connectivity index (χ1n) is 7.18. The fourth-order valence-electron chi connectivity index (χ4n) is 2.48. The van der Waals surface area contributed by atoms with Crippen molar-refractivity contribution in [2.45, 2.75) is 32.3 Å². The monoisotopic (exact) mass is 272 g/mol. The van der Waals surface area contributed by atoms with E-state index in [1.54, 1.807) is 4.90 Å². The van der Waals surface area contributed by atoms with Gasteiger partial charge in [-0.2, -0.15) is 0 Å². The van der Waals surface area contributed by atoms with Crippen molar-refractivity contribution < 1.29 is 9.63 Å². The molecule has 1 aliphatic carbocycles. The molecule has 0 aromatic heterocycles. The Morgan fingerprint density at radius 2 is 2.05 bits per heavy atom. The van der Waals surface area contributed by atoms with Gasteiger partial charge in [-0.15, -0.1) is 0 Å². The third-order valence-electron chi connectivity index (χ3n) is 3.90. The zero-order valence-corrected chi connectivity index (χ0v) is 12.0. The molecule has 1 saturated carbocycles. The van der Waals surface area contributed by atoms with Crippen molar-refractivity contribution in [1.82, 2.24) is 4.90 Å². The standard InChI is InChI=1S/C16H20N2O2/c1-11-3-5-12(6-4-11)15-9-14(20-17-15)10-18(2)16(19)13-7-8-13/h3-6,13-14H,7-10H2,1-2H3/t14-/m1/s1. The lowest BCUT2D eigenvalue weighted by molar-refractivity contribution is -0.132. The van der Waals surface area contributed by atoms with E-state index in [4.69, 9.17) is 4.84 Å². The summed E-state index contributed by atoms with van der Waals surface area (Å²) in [6.45, 7) is 2.69. The lowest BCUT2D eigenvalue weighted by Crippen LogP contribution is -2.35. The lowest BCUT2D eigenvalue weighted by atomic mass is 10.0. The predicted octanol–water partition coefficient (Wildman–Crippen LogP) is 2.36. The molecule has 0 radical (unpaired) electrons. The van der Waals surface area contributed by atoms with E-state index in [1.165, 1.54) is 5.56 Å². The summed E-state index contributed by atoms with van der Waals surface area (Å²) in [6, 6.07) is 8.29. The number of carbonyl (C=O) groups excluding carboxylic acids is 1. The second-order valence-electron chi connectivity index (χ2n) is 5.83. The highest BCUT2D eigenvalue weighted by Crippen LogP contribution is 2.31. The fourth-order valence-corrected chi connectivity index (χ4v) is 2.48. The number of hydrogen-bond acceptors (Lipinski definition) is 3. The number of amides is 1. The second kappa shape index (κ2) is 5.27. The molecule has 1 fully saturated rings. The maximum atomic E-state index is 11.9. The molecule has 1 atom stereocenters. The summed E-state index contributed by atoms with van der Waals surface area (Å²) in [5.74, 6) is 0.510. The summed E-state index contributed by atoms with van der Waals surface area (Å²) in [4.78, 5) is 19.2. The molecule has 1 aromatic carbocycles. The highest BCUT2D eigenvalue weighted by atomic mass is 16.6. The van der Waals surface area contributed by atoms with Crippen LogP contribution in [-0.2, 0) is 9.63 Å². The number of oxime groups is 1. The molecule has 106 valence electrons. The Kier molecular flexibility index (Phi) is 3.47. The summed E-state index contributed by atoms with van der Waals surface area (Å²) in [5.41, 5.74) is 3.32. The van der Waals surface area contributed by atoms with E-state index in [0.29, 0.717) is 6.54 Å². The molecule has 1 aliphatic heterocycles. The minimum absolute atomic E-state index is 0.0148. The molecule has 4 nitrogen and oxygen atoms in total. The number of hydrogen-bond donors (Lipinski definition) is 0. The molecule has 4 heteroatoms. The smallest absolute Gasteiger partial charge is 0.225 e. The quantitative estimate of drug-likeness (QED) is 0.844. The SMILES string of the molecule is Cc1ccc(C2=NO[C@@H](CN(C)C(=O)C3CC3)C2)cc1. The van der Waals surface area contributed by atoms with Crippen LogP contribution in [0, 0.1) is 12.8 Å². The first-order chi connectivity index (χ1) is 9.63. The normalized spacial score (nSPS) is 21.3. The van der Waals surface area contributed by atoms with Crippen LogP contribution in [0.15, 0.2) is 29.4 Å². The molecule has 3 rings (SSSR count). The second-order valence-corrected chi connectivity index (χ2v) is 5.83. The van der Waals surface area contributed by atoms with Gasteiger partial charge in [0.15, 0.2) is 6.10 Å². The molecule has 1 amide bonds. The van der Waals surface area contributed by atoms with E-state index in [9.17, 15) is 4.79 Å². The Hall–Kier alpha value is -1.84. The van der Waals surface area contributed by atoms with Gasteiger partial charge in [-0.25, -0.2) is 0 Å². The average molecular weight is 272 g/mol. The summed E-state index contributed by atoms with van der Waals surface area (Å²) in [7, 11) is 1.86. The van der Waals surface area contributed by atoms with Crippen LogP contribution in [0.3, 0.4) is 0 Å². The Morgan fingerprint density at radius 3 is 2.70 bits per heavy atom. The summed E-state index contributed by atoms with van der Waals surface area (Å²) < 4.78 is 0. The van der Waals surface area contributed by atoms with Crippen LogP contribution in [0.4, 0.5) is 0 Å². The highest BCUT2D eigenvalue weighted by molar-refractivity contribution is 6.01. The fraction of sp³-hybridized carbons (Fsp3) is 0.500. The third-order valence-corrected chi connectivity index (χ3v) is 3.90. The molecule has 1 aromatic rings. The Balaban J connectivity index is 1.55. The van der Waals surface area contributed by atoms with Crippen molar-refractivity contribution in [2.75, 3.05) is 13.6 Å². The van der Waals surface area contributed by atoms with Gasteiger partial charge in [-0.05, 0) is 25.3 Å². The van der Waals surface area contributed by atoms with Gasteiger partial charge in [0.25, 0.3) is 0 Å². The molecular formula is C16H20N2O2. The molecule has 0 unspecified atom stereocenters. The number of aryl methyl sites for hydroxylation is 1. The number of likely N-dealkylation sites (N-methyl/N-ethyl adjacent to an activating group) is 1. The number of benzene rings is 1. The van der Waals surface area contributed by atoms with E-state index in [2.05, 4.69) is 36.3 Å². The van der Waals surface area contributed by atoms with Crippen molar-refractivity contribution in [3.8, 4) is 0 Å². The molecule has 0 spiro atoms. The minimum Gasteiger partial charge on any atom is -0.390 e. The maximum absolute atomic E-state index is 11.9. The van der Waals surface area contributed by atoms with E-state index < -0.39 is 0 Å². The topological polar surface area (TPSA) is 41.9 Å². The van der Waals surface area contributed by atoms with Gasteiger partial charge >= 0.3 is 0 Å². The number of rotatable bonds is 4. The first kappa shape index (κ1) is 13.2. The van der Waals surface area contributed by atoms with Gasteiger partial charge in [0.05, 0.1) is 12.3 Å². The van der Waals surface area contributed by atoms with Crippen LogP contribution in [0.2, 0.25) is 0 Å². The Bertz CT molecular complexity index is 532. The number of nitrogens with zero attached hydrogens (tertiary/aromatic N) is 2. The predicted molar refractivity (Wildman–Crippen MR) is 77.6 cm³/mol. The van der Waals surface area contributed by atoms with E-state index >= 15 is 0 Å². The molecule has 0 saturated heterocycles. The maximum Gasteiger partial charge on any atom is 0.225 e. The van der Waals surface area contributed by atoms with Crippen molar-refractivity contribution in [3.05, 3.63) is 35.4 Å². The molecule has 2 aliphatic rings. The molecule has 0 N–H and O–H groups in total. The summed E-state index contributed by atoms with van der Waals surface area (Å²) >= 11 is 0. The number of carbonyl (C=O) groups is 1. The average Bonchev–Trinajstić information content (AvgIpc) is 3.19. The van der Waals surface area contributed by atoms with Crippen molar-refractivity contribution in [2.24, 2.45) is 11.1 Å². The molecule has 1 heterocycles. The van der Waals surface area contributed by atoms with Gasteiger partial charge < -0.3 is 9.74 Å². The minimum atomic E-state index is -0.0148. The van der Waals surface area contributed by atoms with Gasteiger partial charge in [-0.3, -0.25) is 4.79 Å². The first-order valence-corrected chi connectivity index (χ1v) is 7.18. The van der Waals surface area contributed by atoms with Crippen LogP contribution in [0.25, 0.3) is 0 Å². The van der Waals surface area contributed by atoms with Gasteiger partial charge in [0, 0.05) is 19.4 Å². The molecule has 0 bridgehead atoms. The van der Waals surface area contributed by atoms with Crippen LogP contribution >= 0.6 is 0 Å². The Morgan fingerprint density at radius 1 is 1.35 bits per heavy atom. The van der Waals surface area contributed by atoms with Crippen molar-refractivity contribution in [3.63, 3.8) is 0 Å².